The zero-order valence-corrected chi connectivity index (χ0v) is 26.8. The number of aliphatic hydroxyl groups excluding tert-OH is 1. The second-order valence-electron chi connectivity index (χ2n) is 15.7. The van der Waals surface area contributed by atoms with Gasteiger partial charge in [-0.05, 0) is 65.2 Å². The van der Waals surface area contributed by atoms with Crippen molar-refractivity contribution in [3.63, 3.8) is 0 Å². The van der Waals surface area contributed by atoms with E-state index in [1.165, 1.54) is 0 Å². The van der Waals surface area contributed by atoms with Crippen molar-refractivity contribution >= 4 is 18.4 Å². The first-order valence-electron chi connectivity index (χ1n) is 16.0. The molecule has 3 saturated heterocycles. The van der Waals surface area contributed by atoms with E-state index in [2.05, 4.69) is 11.8 Å². The van der Waals surface area contributed by atoms with Crippen LogP contribution in [0.25, 0.3) is 0 Å². The average molecular weight is 628 g/mol. The predicted octanol–water partition coefficient (Wildman–Crippen LogP) is 1.41. The number of hydrogen-bond acceptors (Lipinski definition) is 10. The van der Waals surface area contributed by atoms with Gasteiger partial charge in [0.2, 0.25) is 5.79 Å². The van der Waals surface area contributed by atoms with E-state index < -0.39 is 75.1 Å². The number of allylic oxidation sites excluding steroid dienone is 1. The Balaban J connectivity index is 0.00000329. The first kappa shape index (κ1) is 32.1. The maximum atomic E-state index is 12.9. The lowest BCUT2D eigenvalue weighted by molar-refractivity contribution is -0.354. The van der Waals surface area contributed by atoms with E-state index in [4.69, 9.17) is 9.47 Å². The van der Waals surface area contributed by atoms with E-state index >= 15 is 0 Å². The minimum absolute atomic E-state index is 0. The van der Waals surface area contributed by atoms with E-state index in [0.717, 1.165) is 6.42 Å². The summed E-state index contributed by atoms with van der Waals surface area (Å²) in [7, 11) is 0. The molecule has 4 saturated carbocycles. The van der Waals surface area contributed by atoms with Gasteiger partial charge in [0.15, 0.2) is 6.10 Å². The molecule has 7 fully saturated rings. The first-order valence-corrected chi connectivity index (χ1v) is 16.0. The van der Waals surface area contributed by atoms with Crippen LogP contribution in [0.5, 0.6) is 0 Å². The number of halogens is 1. The Morgan fingerprint density at radius 3 is 2.30 bits per heavy atom. The number of rotatable bonds is 2. The molecule has 1 unspecified atom stereocenters. The van der Waals surface area contributed by atoms with Crippen LogP contribution in [-0.2, 0) is 14.3 Å². The fourth-order valence-electron chi connectivity index (χ4n) is 11.8. The van der Waals surface area contributed by atoms with Gasteiger partial charge in [0.25, 0.3) is 0 Å². The number of carbonyl (C=O) groups is 1. The van der Waals surface area contributed by atoms with E-state index in [0.29, 0.717) is 50.1 Å². The Bertz CT molecular complexity index is 1230. The molecule has 43 heavy (non-hydrogen) atoms. The highest BCUT2D eigenvalue weighted by molar-refractivity contribution is 5.87. The highest BCUT2D eigenvalue weighted by Gasteiger charge is 2.88. The van der Waals surface area contributed by atoms with Crippen molar-refractivity contribution in [3.05, 3.63) is 11.6 Å². The van der Waals surface area contributed by atoms with Crippen LogP contribution in [0.4, 0.5) is 0 Å². The predicted molar refractivity (Wildman–Crippen MR) is 157 cm³/mol. The summed E-state index contributed by atoms with van der Waals surface area (Å²) in [6.07, 6.45) is 2.30. The molecule has 0 radical (unpaired) electrons. The average Bonchev–Trinajstić information content (AvgIpc) is 3.09. The molecule has 1 spiro atoms. The Morgan fingerprint density at radius 1 is 0.953 bits per heavy atom. The summed E-state index contributed by atoms with van der Waals surface area (Å²) >= 11 is 0. The van der Waals surface area contributed by atoms with Crippen LogP contribution in [0.15, 0.2) is 11.6 Å². The number of carbonyl (C=O) groups excluding carboxylic acids is 1. The largest absolute Gasteiger partial charge is 0.453 e. The lowest BCUT2D eigenvalue weighted by Gasteiger charge is -2.68. The minimum Gasteiger partial charge on any atom is -0.453 e. The van der Waals surface area contributed by atoms with Crippen molar-refractivity contribution in [3.8, 4) is 0 Å². The molecule has 11 heteroatoms. The van der Waals surface area contributed by atoms with E-state index in [9.17, 15) is 35.4 Å². The summed E-state index contributed by atoms with van der Waals surface area (Å²) in [6.45, 7) is 10.1. The standard InChI is InChI=1S/C32H49NO9.ClH/c1-6-18(3)25(35)41-24-11-12-26(4)19-8-9-20-28(37)13-23(34)31(39)21(29(28,38)16-30(20,26)42-32(19,24)40)15-33-14-17(2)7-10-22(33)27(31,5)36;/h6,17,19-24,34,36-40H,7-16H2,1-5H3;1H/b18-6-;/t17-,19-,20-,21-,22-,23-,24-,26-,27+,28+,29+,30+,31-,32?;/m0./s1. The van der Waals surface area contributed by atoms with Gasteiger partial charge in [-0.25, -0.2) is 4.79 Å². The van der Waals surface area contributed by atoms with Crippen LogP contribution in [0.3, 0.4) is 0 Å². The third kappa shape index (κ3) is 3.46. The van der Waals surface area contributed by atoms with E-state index in [1.807, 2.05) is 6.92 Å². The van der Waals surface area contributed by atoms with Gasteiger partial charge in [-0.15, -0.1) is 12.4 Å². The molecule has 7 aliphatic rings. The van der Waals surface area contributed by atoms with Crippen LogP contribution in [-0.4, -0.2) is 107 Å². The summed E-state index contributed by atoms with van der Waals surface area (Å²) in [5, 5.41) is 73.9. The van der Waals surface area contributed by atoms with Gasteiger partial charge in [-0.1, -0.05) is 19.9 Å². The second kappa shape index (κ2) is 9.38. The molecule has 0 amide bonds. The summed E-state index contributed by atoms with van der Waals surface area (Å²) in [4.78, 5) is 14.9. The number of ether oxygens (including phenoxy) is 2. The molecule has 0 aromatic carbocycles. The number of esters is 1. The molecule has 244 valence electrons. The van der Waals surface area contributed by atoms with Crippen LogP contribution >= 0.6 is 12.4 Å². The molecule has 3 heterocycles. The third-order valence-electron chi connectivity index (χ3n) is 14.1. The molecule has 10 nitrogen and oxygen atoms in total. The van der Waals surface area contributed by atoms with Gasteiger partial charge in [0.05, 0.1) is 11.7 Å². The molecule has 4 bridgehead atoms. The number of fused-ring (bicyclic) bond motifs is 5. The number of piperidine rings is 2. The molecule has 14 atom stereocenters. The molecule has 0 aromatic heterocycles. The van der Waals surface area contributed by atoms with Gasteiger partial charge >= 0.3 is 5.97 Å². The topological polar surface area (TPSA) is 160 Å². The fraction of sp³-hybridized carbons (Fsp3) is 0.906. The van der Waals surface area contributed by atoms with Crippen molar-refractivity contribution in [1.29, 1.82) is 0 Å². The summed E-state index contributed by atoms with van der Waals surface area (Å²) in [5.41, 5.74) is -8.96. The number of nitrogens with zero attached hydrogens (tertiary/aromatic N) is 1. The maximum Gasteiger partial charge on any atom is 0.333 e. The normalized spacial score (nSPS) is 58.9. The number of aliphatic hydroxyl groups is 6. The Kier molecular flexibility index (Phi) is 7.01. The monoisotopic (exact) mass is 627 g/mol. The zero-order chi connectivity index (χ0) is 30.5. The first-order chi connectivity index (χ1) is 19.5. The fourth-order valence-corrected chi connectivity index (χ4v) is 11.8. The quantitative estimate of drug-likeness (QED) is 0.195. The molecule has 6 N–H and O–H groups in total. The van der Waals surface area contributed by atoms with Crippen molar-refractivity contribution < 1.29 is 44.9 Å². The molecule has 4 aliphatic carbocycles. The highest BCUT2D eigenvalue weighted by atomic mass is 35.5. The Labute approximate surface area is 259 Å². The summed E-state index contributed by atoms with van der Waals surface area (Å²) < 4.78 is 12.6. The summed E-state index contributed by atoms with van der Waals surface area (Å²) in [6, 6.07) is -0.387. The van der Waals surface area contributed by atoms with Crippen molar-refractivity contribution in [2.24, 2.45) is 29.1 Å². The molecule has 0 aromatic rings. The third-order valence-corrected chi connectivity index (χ3v) is 14.1. The van der Waals surface area contributed by atoms with E-state index in [1.54, 1.807) is 26.8 Å². The van der Waals surface area contributed by atoms with Gasteiger partial charge in [-0.2, -0.15) is 0 Å². The van der Waals surface area contributed by atoms with Crippen LogP contribution in [0.2, 0.25) is 0 Å². The second-order valence-corrected chi connectivity index (χ2v) is 15.7. The minimum atomic E-state index is -2.06. The molecular formula is C32H50ClNO9. The molecule has 7 rings (SSSR count). The van der Waals surface area contributed by atoms with Crippen molar-refractivity contribution in [2.45, 2.75) is 138 Å². The van der Waals surface area contributed by atoms with Gasteiger partial charge in [0.1, 0.15) is 22.4 Å². The van der Waals surface area contributed by atoms with Crippen LogP contribution in [0, 0.1) is 29.1 Å². The summed E-state index contributed by atoms with van der Waals surface area (Å²) in [5.74, 6) is -4.05. The number of hydrogen-bond donors (Lipinski definition) is 6. The van der Waals surface area contributed by atoms with Crippen LogP contribution in [0.1, 0.15) is 86.0 Å². The SMILES string of the molecule is C/C=C(/C)C(=O)O[C@H]1CC[C@@]2(C)[C@@H]3CC[C@H]4[C@]5(O)C[C@H](O)[C@@]6(O)[C@@H](CN7C[C@@H](C)CC[C@H]7[C@@]6(C)O)[C@]5(O)C[C@@]42OC13O.Cl. The van der Waals surface area contributed by atoms with E-state index in [-0.39, 0.29) is 37.8 Å². The van der Waals surface area contributed by atoms with Crippen LogP contribution < -0.4 is 0 Å². The Hall–Kier alpha value is -0.820. The zero-order valence-electron chi connectivity index (χ0n) is 26.0. The smallest absolute Gasteiger partial charge is 0.333 e. The molecular weight excluding hydrogens is 578 g/mol. The maximum absolute atomic E-state index is 12.9. The lowest BCUT2D eigenvalue weighted by Crippen LogP contribution is -2.85. The van der Waals surface area contributed by atoms with Crippen molar-refractivity contribution in [2.75, 3.05) is 13.1 Å². The highest BCUT2D eigenvalue weighted by Crippen LogP contribution is 2.78. The lowest BCUT2D eigenvalue weighted by atomic mass is 9.49. The van der Waals surface area contributed by atoms with Gasteiger partial charge < -0.3 is 40.1 Å². The van der Waals surface area contributed by atoms with Gasteiger partial charge in [-0.3, -0.25) is 4.90 Å². The van der Waals surface area contributed by atoms with Gasteiger partial charge in [0, 0.05) is 60.7 Å². The molecule has 3 aliphatic heterocycles. The van der Waals surface area contributed by atoms with Crippen molar-refractivity contribution in [1.82, 2.24) is 4.90 Å². The Morgan fingerprint density at radius 2 is 1.63 bits per heavy atom.